The summed E-state index contributed by atoms with van der Waals surface area (Å²) < 4.78 is 5.34. The van der Waals surface area contributed by atoms with Crippen LogP contribution in [0.3, 0.4) is 0 Å². The van der Waals surface area contributed by atoms with Crippen LogP contribution >= 0.6 is 0 Å². The summed E-state index contributed by atoms with van der Waals surface area (Å²) in [6, 6.07) is 16.6. The molecular formula is C22H20N2O3. The van der Waals surface area contributed by atoms with Gasteiger partial charge in [0.15, 0.2) is 0 Å². The van der Waals surface area contributed by atoms with Crippen molar-refractivity contribution in [2.24, 2.45) is 5.10 Å². The van der Waals surface area contributed by atoms with Crippen molar-refractivity contribution in [2.75, 3.05) is 7.11 Å². The zero-order valence-electron chi connectivity index (χ0n) is 15.0. The highest BCUT2D eigenvalue weighted by atomic mass is 16.5. The molecule has 0 aromatic heterocycles. The minimum atomic E-state index is -0.393. The van der Waals surface area contributed by atoms with E-state index in [1.165, 1.54) is 13.3 Å². The van der Waals surface area contributed by atoms with Crippen molar-refractivity contribution in [3.8, 4) is 11.5 Å². The van der Waals surface area contributed by atoms with Gasteiger partial charge in [0, 0.05) is 5.56 Å². The molecule has 3 aromatic rings. The summed E-state index contributed by atoms with van der Waals surface area (Å²) in [5, 5.41) is 16.1. The first-order chi connectivity index (χ1) is 13.1. The number of hydrogen-bond donors (Lipinski definition) is 2. The van der Waals surface area contributed by atoms with Crippen molar-refractivity contribution in [3.63, 3.8) is 0 Å². The van der Waals surface area contributed by atoms with Crippen molar-refractivity contribution in [2.45, 2.75) is 6.42 Å². The Labute approximate surface area is 157 Å². The number of nitrogens with zero attached hydrogens (tertiary/aromatic N) is 1. The van der Waals surface area contributed by atoms with E-state index in [1.807, 2.05) is 42.5 Å². The maximum atomic E-state index is 12.5. The number of nitrogens with one attached hydrogen (secondary N) is 1. The highest BCUT2D eigenvalue weighted by Gasteiger charge is 2.13. The molecule has 3 aromatic carbocycles. The van der Waals surface area contributed by atoms with E-state index in [1.54, 1.807) is 18.2 Å². The predicted molar refractivity (Wildman–Crippen MR) is 108 cm³/mol. The van der Waals surface area contributed by atoms with Crippen LogP contribution in [0.4, 0.5) is 0 Å². The molecule has 0 atom stereocenters. The lowest BCUT2D eigenvalue weighted by molar-refractivity contribution is 0.0952. The zero-order valence-corrected chi connectivity index (χ0v) is 15.0. The maximum absolute atomic E-state index is 12.5. The van der Waals surface area contributed by atoms with Gasteiger partial charge in [-0.05, 0) is 41.0 Å². The summed E-state index contributed by atoms with van der Waals surface area (Å²) in [6.45, 7) is 3.67. The Hall–Kier alpha value is -3.60. The number of amides is 1. The Morgan fingerprint density at radius 1 is 1.19 bits per heavy atom. The molecule has 2 N–H and O–H groups in total. The molecule has 5 nitrogen and oxygen atoms in total. The normalized spacial score (nSPS) is 10.9. The van der Waals surface area contributed by atoms with Crippen LogP contribution in [0.25, 0.3) is 10.8 Å². The Balaban J connectivity index is 1.82. The Kier molecular flexibility index (Phi) is 5.52. The van der Waals surface area contributed by atoms with Gasteiger partial charge in [-0.2, -0.15) is 5.10 Å². The molecule has 0 bridgehead atoms. The number of ether oxygens (including phenoxy) is 1. The van der Waals surface area contributed by atoms with E-state index in [4.69, 9.17) is 4.74 Å². The number of rotatable bonds is 6. The fraction of sp³-hybridized carbons (Fsp3) is 0.0909. The third-order valence-corrected chi connectivity index (χ3v) is 4.20. The van der Waals surface area contributed by atoms with Crippen LogP contribution in [-0.2, 0) is 6.42 Å². The second-order valence-corrected chi connectivity index (χ2v) is 5.95. The van der Waals surface area contributed by atoms with Gasteiger partial charge in [-0.3, -0.25) is 4.79 Å². The number of allylic oxidation sites excluding steroid dienone is 1. The molecule has 0 aliphatic heterocycles. The topological polar surface area (TPSA) is 70.9 Å². The molecule has 0 saturated heterocycles. The van der Waals surface area contributed by atoms with Crippen molar-refractivity contribution >= 4 is 22.9 Å². The number of carbonyl (C=O) groups is 1. The molecule has 1 amide bonds. The molecule has 0 spiro atoms. The molecule has 5 heteroatoms. The van der Waals surface area contributed by atoms with Gasteiger partial charge in [-0.15, -0.1) is 6.58 Å². The van der Waals surface area contributed by atoms with Gasteiger partial charge in [0.2, 0.25) is 0 Å². The standard InChI is InChI=1S/C22H20N2O3/c1-3-7-15-10-6-11-18(21(15)25)14-23-24-22(26)19-12-16-8-4-5-9-17(16)13-20(19)27-2/h3-6,8-14,25H,1,7H2,2H3,(H,24,26). The van der Waals surface area contributed by atoms with Gasteiger partial charge in [0.25, 0.3) is 5.91 Å². The molecule has 27 heavy (non-hydrogen) atoms. The van der Waals surface area contributed by atoms with Gasteiger partial charge in [0.05, 0.1) is 18.9 Å². The zero-order chi connectivity index (χ0) is 19.2. The Morgan fingerprint density at radius 3 is 2.63 bits per heavy atom. The Bertz CT molecular complexity index is 1030. The van der Waals surface area contributed by atoms with Crippen LogP contribution in [0.1, 0.15) is 21.5 Å². The van der Waals surface area contributed by atoms with Gasteiger partial charge < -0.3 is 9.84 Å². The molecule has 3 rings (SSSR count). The molecule has 0 fully saturated rings. The summed E-state index contributed by atoms with van der Waals surface area (Å²) in [4.78, 5) is 12.5. The number of phenols is 1. The lowest BCUT2D eigenvalue weighted by atomic mass is 10.1. The molecule has 0 radical (unpaired) electrons. The summed E-state index contributed by atoms with van der Waals surface area (Å²) in [7, 11) is 1.52. The lowest BCUT2D eigenvalue weighted by Crippen LogP contribution is -2.18. The maximum Gasteiger partial charge on any atom is 0.275 e. The first-order valence-electron chi connectivity index (χ1n) is 8.46. The number of aromatic hydroxyl groups is 1. The number of phenolic OH excluding ortho intramolecular Hbond substituents is 1. The highest BCUT2D eigenvalue weighted by molar-refractivity contribution is 6.02. The van der Waals surface area contributed by atoms with Gasteiger partial charge in [0.1, 0.15) is 11.5 Å². The van der Waals surface area contributed by atoms with Gasteiger partial charge in [-0.1, -0.05) is 42.5 Å². The minimum absolute atomic E-state index is 0.124. The van der Waals surface area contributed by atoms with Crippen LogP contribution in [-0.4, -0.2) is 24.3 Å². The van der Waals surface area contributed by atoms with Crippen LogP contribution in [0.2, 0.25) is 0 Å². The van der Waals surface area contributed by atoms with Crippen molar-refractivity contribution in [1.82, 2.24) is 5.43 Å². The third-order valence-electron chi connectivity index (χ3n) is 4.20. The number of para-hydroxylation sites is 1. The average Bonchev–Trinajstić information content (AvgIpc) is 2.69. The van der Waals surface area contributed by atoms with Crippen LogP contribution in [0.5, 0.6) is 11.5 Å². The highest BCUT2D eigenvalue weighted by Crippen LogP contribution is 2.26. The van der Waals surface area contributed by atoms with Crippen LogP contribution < -0.4 is 10.2 Å². The predicted octanol–water partition coefficient (Wildman–Crippen LogP) is 4.05. The fourth-order valence-electron chi connectivity index (χ4n) is 2.82. The molecular weight excluding hydrogens is 340 g/mol. The Morgan fingerprint density at radius 2 is 1.93 bits per heavy atom. The van der Waals surface area contributed by atoms with Gasteiger partial charge >= 0.3 is 0 Å². The summed E-state index contributed by atoms with van der Waals surface area (Å²) in [5.74, 6) is 0.200. The van der Waals surface area contributed by atoms with Crippen LogP contribution in [0.15, 0.2) is 72.4 Å². The molecule has 136 valence electrons. The van der Waals surface area contributed by atoms with E-state index in [0.717, 1.165) is 16.3 Å². The second kappa shape index (κ2) is 8.19. The van der Waals surface area contributed by atoms with Crippen LogP contribution in [0, 0.1) is 0 Å². The lowest BCUT2D eigenvalue weighted by Gasteiger charge is -2.09. The molecule has 0 heterocycles. The fourth-order valence-corrected chi connectivity index (χ4v) is 2.82. The van der Waals surface area contributed by atoms with E-state index in [2.05, 4.69) is 17.1 Å². The number of fused-ring (bicyclic) bond motifs is 1. The van der Waals surface area contributed by atoms with E-state index >= 15 is 0 Å². The van der Waals surface area contributed by atoms with Gasteiger partial charge in [-0.25, -0.2) is 5.43 Å². The SMILES string of the molecule is C=CCc1cccc(C=NNC(=O)c2cc3ccccc3cc2OC)c1O. The first kappa shape index (κ1) is 18.2. The second-order valence-electron chi connectivity index (χ2n) is 5.95. The molecule has 0 saturated carbocycles. The molecule has 0 aliphatic rings. The van der Waals surface area contributed by atoms with E-state index in [-0.39, 0.29) is 5.75 Å². The first-order valence-corrected chi connectivity index (χ1v) is 8.46. The quantitative estimate of drug-likeness (QED) is 0.396. The molecule has 0 unspecified atom stereocenters. The average molecular weight is 360 g/mol. The summed E-state index contributed by atoms with van der Waals surface area (Å²) in [5.41, 5.74) is 4.13. The smallest absolute Gasteiger partial charge is 0.275 e. The number of benzene rings is 3. The summed E-state index contributed by atoms with van der Waals surface area (Å²) in [6.07, 6.45) is 3.67. The van der Waals surface area contributed by atoms with Crippen molar-refractivity contribution < 1.29 is 14.6 Å². The van der Waals surface area contributed by atoms with E-state index in [9.17, 15) is 9.90 Å². The van der Waals surface area contributed by atoms with E-state index < -0.39 is 5.91 Å². The monoisotopic (exact) mass is 360 g/mol. The number of hydrazone groups is 1. The van der Waals surface area contributed by atoms with Crippen molar-refractivity contribution in [1.29, 1.82) is 0 Å². The van der Waals surface area contributed by atoms with E-state index in [0.29, 0.717) is 23.3 Å². The summed E-state index contributed by atoms with van der Waals surface area (Å²) >= 11 is 0. The largest absolute Gasteiger partial charge is 0.507 e. The van der Waals surface area contributed by atoms with Crippen molar-refractivity contribution in [3.05, 3.63) is 83.9 Å². The number of methoxy groups -OCH3 is 1. The molecule has 0 aliphatic carbocycles. The number of carbonyl (C=O) groups excluding carboxylic acids is 1. The third kappa shape index (κ3) is 3.98. The minimum Gasteiger partial charge on any atom is -0.507 e. The number of hydrogen-bond acceptors (Lipinski definition) is 4.